The van der Waals surface area contributed by atoms with Gasteiger partial charge in [-0.1, -0.05) is 71.2 Å². The summed E-state index contributed by atoms with van der Waals surface area (Å²) in [7, 11) is -3.86. The van der Waals surface area contributed by atoms with Gasteiger partial charge in [0.1, 0.15) is 18.4 Å². The fourth-order valence-electron chi connectivity index (χ4n) is 5.11. The maximum atomic E-state index is 14.1. The molecule has 1 saturated carbocycles. The zero-order chi connectivity index (χ0) is 29.6. The molecule has 10 heteroatoms. The quantitative estimate of drug-likeness (QED) is 0.305. The number of amides is 2. The molecule has 0 aromatic heterocycles. The van der Waals surface area contributed by atoms with Crippen LogP contribution in [0.25, 0.3) is 0 Å². The van der Waals surface area contributed by atoms with Gasteiger partial charge >= 0.3 is 0 Å². The van der Waals surface area contributed by atoms with Crippen LogP contribution in [0.1, 0.15) is 42.4 Å². The van der Waals surface area contributed by atoms with Gasteiger partial charge in [-0.3, -0.25) is 13.9 Å². The first-order valence-corrected chi connectivity index (χ1v) is 16.3. The predicted octanol–water partition coefficient (Wildman–Crippen LogP) is 5.36. The van der Waals surface area contributed by atoms with Gasteiger partial charge < -0.3 is 10.2 Å². The van der Waals surface area contributed by atoms with Crippen LogP contribution >= 0.6 is 15.9 Å². The molecule has 0 spiro atoms. The zero-order valence-electron chi connectivity index (χ0n) is 23.2. The van der Waals surface area contributed by atoms with Crippen LogP contribution in [-0.4, -0.2) is 50.0 Å². The summed E-state index contributed by atoms with van der Waals surface area (Å²) in [5.41, 5.74) is 2.64. The second-order valence-electron chi connectivity index (χ2n) is 10.5. The Morgan fingerprint density at radius 3 is 2.27 bits per heavy atom. The molecule has 1 fully saturated rings. The summed E-state index contributed by atoms with van der Waals surface area (Å²) in [6.45, 7) is 1.34. The third-order valence-corrected chi connectivity index (χ3v) is 9.38. The van der Waals surface area contributed by atoms with Crippen LogP contribution < -0.4 is 9.62 Å². The molecule has 0 heterocycles. The van der Waals surface area contributed by atoms with Crippen LogP contribution in [0.4, 0.5) is 10.1 Å². The smallest absolute Gasteiger partial charge is 0.244 e. The summed E-state index contributed by atoms with van der Waals surface area (Å²) >= 11 is 3.43. The van der Waals surface area contributed by atoms with E-state index in [9.17, 15) is 22.4 Å². The van der Waals surface area contributed by atoms with E-state index in [0.717, 1.165) is 51.8 Å². The number of carbonyl (C=O) groups excluding carboxylic acids is 2. The number of halogens is 2. The minimum absolute atomic E-state index is 0.00562. The Kier molecular flexibility index (Phi) is 10.2. The average Bonchev–Trinajstić information content (AvgIpc) is 3.45. The lowest BCUT2D eigenvalue weighted by Gasteiger charge is -2.34. The summed E-state index contributed by atoms with van der Waals surface area (Å²) < 4.78 is 41.4. The molecule has 0 bridgehead atoms. The molecular weight excluding hydrogens is 609 g/mol. The highest BCUT2D eigenvalue weighted by molar-refractivity contribution is 9.10. The minimum atomic E-state index is -3.86. The molecule has 0 saturated heterocycles. The maximum Gasteiger partial charge on any atom is 0.244 e. The molecule has 4 rings (SSSR count). The number of benzene rings is 3. The van der Waals surface area contributed by atoms with Gasteiger partial charge in [0, 0.05) is 23.5 Å². The number of hydrogen-bond donors (Lipinski definition) is 1. The third-order valence-electron chi connectivity index (χ3n) is 7.35. The molecule has 1 atom stereocenters. The summed E-state index contributed by atoms with van der Waals surface area (Å²) in [4.78, 5) is 29.4. The van der Waals surface area contributed by atoms with Crippen molar-refractivity contribution >= 4 is 43.5 Å². The standard InChI is InChI=1S/C31H35BrFN3O4S/c1-22-18-27(16-17-28(22)32)36(41(2,39)40)21-30(37)35(20-24-12-14-25(33)15-13-24)29(19-23-8-4-3-5-9-23)31(38)34-26-10-6-7-11-26/h3-5,8-9,12-18,26,29H,6-7,10-11,19-21H2,1-2H3,(H,34,38)/t29-/m1/s1. The molecular formula is C31H35BrFN3O4S. The summed E-state index contributed by atoms with van der Waals surface area (Å²) in [6, 6.07) is 19.3. The van der Waals surface area contributed by atoms with Gasteiger partial charge in [0.05, 0.1) is 11.9 Å². The lowest BCUT2D eigenvalue weighted by Crippen LogP contribution is -2.54. The van der Waals surface area contributed by atoms with Gasteiger partial charge in [0.25, 0.3) is 0 Å². The Bertz CT molecular complexity index is 1460. The fraction of sp³-hybridized carbons (Fsp3) is 0.355. The van der Waals surface area contributed by atoms with E-state index in [2.05, 4.69) is 21.2 Å². The van der Waals surface area contributed by atoms with Crippen molar-refractivity contribution in [2.24, 2.45) is 0 Å². The lowest BCUT2D eigenvalue weighted by molar-refractivity contribution is -0.140. The number of anilines is 1. The van der Waals surface area contributed by atoms with E-state index in [0.29, 0.717) is 11.3 Å². The fourth-order valence-corrected chi connectivity index (χ4v) is 6.19. The Hall–Kier alpha value is -3.24. The molecule has 0 aliphatic heterocycles. The summed E-state index contributed by atoms with van der Waals surface area (Å²) in [6.07, 6.45) is 5.10. The van der Waals surface area contributed by atoms with Crippen molar-refractivity contribution in [1.29, 1.82) is 0 Å². The molecule has 3 aromatic rings. The van der Waals surface area contributed by atoms with Gasteiger partial charge in [-0.25, -0.2) is 12.8 Å². The summed E-state index contributed by atoms with van der Waals surface area (Å²) in [5, 5.41) is 3.13. The van der Waals surface area contributed by atoms with Gasteiger partial charge in [-0.2, -0.15) is 0 Å². The van der Waals surface area contributed by atoms with Gasteiger partial charge in [0.2, 0.25) is 21.8 Å². The summed E-state index contributed by atoms with van der Waals surface area (Å²) in [5.74, 6) is -1.25. The van der Waals surface area contributed by atoms with Gasteiger partial charge in [-0.15, -0.1) is 0 Å². The van der Waals surface area contributed by atoms with E-state index in [1.165, 1.54) is 17.0 Å². The van der Waals surface area contributed by atoms with Crippen molar-refractivity contribution in [2.75, 3.05) is 17.1 Å². The minimum Gasteiger partial charge on any atom is -0.352 e. The van der Waals surface area contributed by atoms with E-state index in [1.54, 1.807) is 30.3 Å². The number of nitrogens with zero attached hydrogens (tertiary/aromatic N) is 2. The van der Waals surface area contributed by atoms with Crippen molar-refractivity contribution < 1.29 is 22.4 Å². The second kappa shape index (κ2) is 13.6. The number of nitrogens with one attached hydrogen (secondary N) is 1. The van der Waals surface area contributed by atoms with Crippen molar-refractivity contribution in [3.8, 4) is 0 Å². The van der Waals surface area contributed by atoms with E-state index in [4.69, 9.17) is 0 Å². The zero-order valence-corrected chi connectivity index (χ0v) is 25.6. The monoisotopic (exact) mass is 643 g/mol. The number of sulfonamides is 1. The number of rotatable bonds is 11. The maximum absolute atomic E-state index is 14.1. The van der Waals surface area contributed by atoms with Crippen LogP contribution in [0.5, 0.6) is 0 Å². The Morgan fingerprint density at radius 1 is 1.00 bits per heavy atom. The highest BCUT2D eigenvalue weighted by Gasteiger charge is 2.34. The number of hydrogen-bond acceptors (Lipinski definition) is 4. The second-order valence-corrected chi connectivity index (χ2v) is 13.3. The Balaban J connectivity index is 1.72. The van der Waals surface area contributed by atoms with Crippen LogP contribution in [-0.2, 0) is 32.6 Å². The van der Waals surface area contributed by atoms with E-state index in [1.807, 2.05) is 37.3 Å². The molecule has 7 nitrogen and oxygen atoms in total. The van der Waals surface area contributed by atoms with E-state index in [-0.39, 0.29) is 24.9 Å². The first-order chi connectivity index (χ1) is 19.5. The number of carbonyl (C=O) groups is 2. The molecule has 1 aliphatic rings. The average molecular weight is 645 g/mol. The predicted molar refractivity (Wildman–Crippen MR) is 162 cm³/mol. The topological polar surface area (TPSA) is 86.8 Å². The first-order valence-electron chi connectivity index (χ1n) is 13.6. The van der Waals surface area contributed by atoms with Gasteiger partial charge in [-0.05, 0) is 66.8 Å². The van der Waals surface area contributed by atoms with Gasteiger partial charge in [0.15, 0.2) is 0 Å². The SMILES string of the molecule is Cc1cc(N(CC(=O)N(Cc2ccc(F)cc2)[C@H](Cc2ccccc2)C(=O)NC2CCCC2)S(C)(=O)=O)ccc1Br. The van der Waals surface area contributed by atoms with Crippen LogP contribution in [0, 0.1) is 12.7 Å². The molecule has 3 aromatic carbocycles. The highest BCUT2D eigenvalue weighted by atomic mass is 79.9. The number of aryl methyl sites for hydroxylation is 1. The largest absolute Gasteiger partial charge is 0.352 e. The molecule has 41 heavy (non-hydrogen) atoms. The lowest BCUT2D eigenvalue weighted by atomic mass is 10.0. The Morgan fingerprint density at radius 2 is 1.66 bits per heavy atom. The van der Waals surface area contributed by atoms with Crippen LogP contribution in [0.15, 0.2) is 77.3 Å². The highest BCUT2D eigenvalue weighted by Crippen LogP contribution is 2.26. The first kappa shape index (κ1) is 30.7. The third kappa shape index (κ3) is 8.39. The molecule has 2 amide bonds. The van der Waals surface area contributed by atoms with Crippen LogP contribution in [0.3, 0.4) is 0 Å². The molecule has 1 N–H and O–H groups in total. The Labute approximate surface area is 249 Å². The van der Waals surface area contributed by atoms with E-state index < -0.39 is 34.3 Å². The molecule has 0 radical (unpaired) electrons. The van der Waals surface area contributed by atoms with Crippen molar-refractivity contribution in [1.82, 2.24) is 10.2 Å². The van der Waals surface area contributed by atoms with Crippen molar-refractivity contribution in [3.63, 3.8) is 0 Å². The molecule has 0 unspecified atom stereocenters. The normalized spacial score (nSPS) is 14.4. The molecule has 218 valence electrons. The molecule has 1 aliphatic carbocycles. The van der Waals surface area contributed by atoms with Crippen LogP contribution in [0.2, 0.25) is 0 Å². The van der Waals surface area contributed by atoms with Crippen molar-refractivity contribution in [2.45, 2.75) is 57.7 Å². The van der Waals surface area contributed by atoms with E-state index >= 15 is 0 Å². The van der Waals surface area contributed by atoms with Crippen molar-refractivity contribution in [3.05, 3.63) is 99.8 Å².